The fourth-order valence-corrected chi connectivity index (χ4v) is 5.92. The van der Waals surface area contributed by atoms with Crippen molar-refractivity contribution in [3.05, 3.63) is 52.6 Å². The molecule has 186 valence electrons. The number of aromatic nitrogens is 2. The van der Waals surface area contributed by atoms with Crippen LogP contribution in [-0.2, 0) is 9.53 Å². The Morgan fingerprint density at radius 3 is 2.39 bits per heavy atom. The van der Waals surface area contributed by atoms with Gasteiger partial charge in [-0.05, 0) is 30.0 Å². The van der Waals surface area contributed by atoms with E-state index in [1.807, 2.05) is 41.3 Å². The van der Waals surface area contributed by atoms with Crippen molar-refractivity contribution >= 4 is 46.7 Å². The number of nitrogens with one attached hydrogen (secondary N) is 1. The highest BCUT2D eigenvalue weighted by Gasteiger charge is 2.42. The van der Waals surface area contributed by atoms with Crippen LogP contribution in [0, 0.1) is 11.8 Å². The first-order valence-corrected chi connectivity index (χ1v) is 12.9. The van der Waals surface area contributed by atoms with Gasteiger partial charge in [-0.15, -0.1) is 0 Å². The summed E-state index contributed by atoms with van der Waals surface area (Å²) in [5.74, 6) is 1.77. The standard InChI is InChI=1S/C25H26N6O4S/c32-22-20(36-25(34)28-22)10-19-11-21(29-6-8-35-9-7-29)27-24(26-19)31-14-17-12-30(13-18(17)15-31)23(33)16-4-2-1-3-5-16/h1-5,10-11,17-18H,6-9,12-15H2,(H,28,32,34)/b20-10+. The number of carbonyl (C=O) groups is 3. The number of fused-ring (bicyclic) bond motifs is 1. The van der Waals surface area contributed by atoms with Crippen LogP contribution in [0.4, 0.5) is 16.6 Å². The highest BCUT2D eigenvalue weighted by atomic mass is 32.2. The third-order valence-electron chi connectivity index (χ3n) is 7.05. The Balaban J connectivity index is 1.22. The first-order chi connectivity index (χ1) is 17.5. The zero-order chi connectivity index (χ0) is 24.6. The summed E-state index contributed by atoms with van der Waals surface area (Å²) in [6.45, 7) is 5.66. The van der Waals surface area contributed by atoms with Gasteiger partial charge in [0.05, 0.1) is 23.8 Å². The number of amides is 3. The Hall–Kier alpha value is -3.44. The number of anilines is 2. The molecule has 4 saturated heterocycles. The molecule has 0 radical (unpaired) electrons. The highest BCUT2D eigenvalue weighted by Crippen LogP contribution is 2.35. The first-order valence-electron chi connectivity index (χ1n) is 12.1. The van der Waals surface area contributed by atoms with E-state index in [1.165, 1.54) is 0 Å². The molecule has 2 aromatic rings. The molecule has 4 fully saturated rings. The molecule has 2 unspecified atom stereocenters. The quantitative estimate of drug-likeness (QED) is 0.622. The molecule has 0 bridgehead atoms. The van der Waals surface area contributed by atoms with Gasteiger partial charge in [-0.25, -0.2) is 4.98 Å². The Labute approximate surface area is 212 Å². The molecular weight excluding hydrogens is 480 g/mol. The van der Waals surface area contributed by atoms with Gasteiger partial charge in [-0.1, -0.05) is 18.2 Å². The van der Waals surface area contributed by atoms with Crippen molar-refractivity contribution in [3.63, 3.8) is 0 Å². The number of rotatable bonds is 4. The summed E-state index contributed by atoms with van der Waals surface area (Å²) < 4.78 is 5.49. The second-order valence-electron chi connectivity index (χ2n) is 9.40. The summed E-state index contributed by atoms with van der Waals surface area (Å²) in [7, 11) is 0. The molecule has 3 amide bonds. The molecule has 0 aliphatic carbocycles. The maximum Gasteiger partial charge on any atom is 0.290 e. The van der Waals surface area contributed by atoms with Crippen LogP contribution in [0.1, 0.15) is 16.1 Å². The van der Waals surface area contributed by atoms with Gasteiger partial charge in [0, 0.05) is 62.7 Å². The van der Waals surface area contributed by atoms with Crippen LogP contribution < -0.4 is 15.1 Å². The van der Waals surface area contributed by atoms with Crippen LogP contribution in [0.15, 0.2) is 41.3 Å². The van der Waals surface area contributed by atoms with Gasteiger partial charge in [0.15, 0.2) is 0 Å². The Bertz CT molecular complexity index is 1220. The van der Waals surface area contributed by atoms with E-state index in [2.05, 4.69) is 15.1 Å². The molecule has 4 aliphatic heterocycles. The summed E-state index contributed by atoms with van der Waals surface area (Å²) >= 11 is 0.879. The molecule has 4 aliphatic rings. The van der Waals surface area contributed by atoms with Gasteiger partial charge in [-0.3, -0.25) is 19.7 Å². The topological polar surface area (TPSA) is 108 Å². The Morgan fingerprint density at radius 2 is 1.72 bits per heavy atom. The van der Waals surface area contributed by atoms with Crippen molar-refractivity contribution in [1.82, 2.24) is 20.2 Å². The summed E-state index contributed by atoms with van der Waals surface area (Å²) in [5.41, 5.74) is 1.31. The number of thioether (sulfide) groups is 1. The van der Waals surface area contributed by atoms with E-state index < -0.39 is 5.91 Å². The molecule has 6 rings (SSSR count). The van der Waals surface area contributed by atoms with Crippen LogP contribution in [0.5, 0.6) is 0 Å². The fourth-order valence-electron chi connectivity index (χ4n) is 5.25. The summed E-state index contributed by atoms with van der Waals surface area (Å²) in [6, 6.07) is 11.3. The van der Waals surface area contributed by atoms with E-state index >= 15 is 0 Å². The van der Waals surface area contributed by atoms with Crippen LogP contribution in [0.3, 0.4) is 0 Å². The van der Waals surface area contributed by atoms with Crippen molar-refractivity contribution in [2.75, 3.05) is 62.3 Å². The van der Waals surface area contributed by atoms with Gasteiger partial charge < -0.3 is 19.4 Å². The maximum absolute atomic E-state index is 12.9. The number of carbonyl (C=O) groups excluding carboxylic acids is 3. The number of hydrogen-bond donors (Lipinski definition) is 1. The number of likely N-dealkylation sites (tertiary alicyclic amines) is 1. The average molecular weight is 507 g/mol. The van der Waals surface area contributed by atoms with E-state index in [-0.39, 0.29) is 11.1 Å². The number of imide groups is 1. The molecule has 0 saturated carbocycles. The highest BCUT2D eigenvalue weighted by molar-refractivity contribution is 8.18. The van der Waals surface area contributed by atoms with Crippen molar-refractivity contribution in [2.24, 2.45) is 11.8 Å². The van der Waals surface area contributed by atoms with Crippen LogP contribution in [0.2, 0.25) is 0 Å². The number of benzene rings is 1. The lowest BCUT2D eigenvalue weighted by atomic mass is 10.0. The monoisotopic (exact) mass is 506 g/mol. The smallest absolute Gasteiger partial charge is 0.290 e. The van der Waals surface area contributed by atoms with Gasteiger partial charge in [0.2, 0.25) is 5.95 Å². The second kappa shape index (κ2) is 9.55. The summed E-state index contributed by atoms with van der Waals surface area (Å²) in [5, 5.41) is 1.91. The van der Waals surface area contributed by atoms with E-state index in [1.54, 1.807) is 6.08 Å². The van der Waals surface area contributed by atoms with Crippen molar-refractivity contribution in [1.29, 1.82) is 0 Å². The predicted octanol–water partition coefficient (Wildman–Crippen LogP) is 1.85. The largest absolute Gasteiger partial charge is 0.378 e. The van der Waals surface area contributed by atoms with E-state index in [4.69, 9.17) is 14.7 Å². The number of morpholine rings is 1. The summed E-state index contributed by atoms with van der Waals surface area (Å²) in [4.78, 5) is 52.9. The number of nitrogens with zero attached hydrogens (tertiary/aromatic N) is 5. The summed E-state index contributed by atoms with van der Waals surface area (Å²) in [6.07, 6.45) is 1.65. The van der Waals surface area contributed by atoms with Gasteiger partial charge in [-0.2, -0.15) is 4.98 Å². The molecule has 0 spiro atoms. The lowest BCUT2D eigenvalue weighted by Gasteiger charge is -2.29. The fraction of sp³-hybridized carbons (Fsp3) is 0.400. The van der Waals surface area contributed by atoms with E-state index in [9.17, 15) is 14.4 Å². The van der Waals surface area contributed by atoms with Crippen molar-refractivity contribution in [2.45, 2.75) is 0 Å². The molecule has 2 atom stereocenters. The maximum atomic E-state index is 12.9. The zero-order valence-corrected chi connectivity index (χ0v) is 20.4. The average Bonchev–Trinajstić information content (AvgIpc) is 3.57. The molecule has 1 aromatic heterocycles. The molecule has 11 heteroatoms. The van der Waals surface area contributed by atoms with Gasteiger partial charge in [0.1, 0.15) is 5.82 Å². The first kappa shape index (κ1) is 23.0. The van der Waals surface area contributed by atoms with Gasteiger partial charge in [0.25, 0.3) is 17.1 Å². The van der Waals surface area contributed by atoms with Crippen molar-refractivity contribution < 1.29 is 19.1 Å². The number of hydrogen-bond acceptors (Lipinski definition) is 9. The SMILES string of the molecule is O=C1NC(=O)/C(=C\c2cc(N3CCOCC3)nc(N3CC4CN(C(=O)c5ccccc5)CC4C3)n2)S1. The molecule has 10 nitrogen and oxygen atoms in total. The minimum atomic E-state index is -0.406. The molecule has 1 N–H and O–H groups in total. The van der Waals surface area contributed by atoms with E-state index in [0.29, 0.717) is 54.7 Å². The molecular formula is C25H26N6O4S. The molecule has 5 heterocycles. The lowest BCUT2D eigenvalue weighted by Crippen LogP contribution is -2.37. The van der Waals surface area contributed by atoms with Gasteiger partial charge >= 0.3 is 0 Å². The molecule has 1 aromatic carbocycles. The Morgan fingerprint density at radius 1 is 1.00 bits per heavy atom. The minimum Gasteiger partial charge on any atom is -0.378 e. The van der Waals surface area contributed by atoms with Crippen LogP contribution in [0.25, 0.3) is 6.08 Å². The third-order valence-corrected chi connectivity index (χ3v) is 7.86. The lowest BCUT2D eigenvalue weighted by molar-refractivity contribution is -0.115. The number of ether oxygens (including phenoxy) is 1. The van der Waals surface area contributed by atoms with Crippen molar-refractivity contribution in [3.8, 4) is 0 Å². The normalized spacial score (nSPS) is 25.0. The minimum absolute atomic E-state index is 0.0814. The third kappa shape index (κ3) is 4.56. The zero-order valence-electron chi connectivity index (χ0n) is 19.6. The molecule has 36 heavy (non-hydrogen) atoms. The Kier molecular flexibility index (Phi) is 6.10. The van der Waals surface area contributed by atoms with E-state index in [0.717, 1.165) is 49.3 Å². The second-order valence-corrected chi connectivity index (χ2v) is 10.4. The van der Waals surface area contributed by atoms with Crippen LogP contribution in [-0.4, -0.2) is 84.4 Å². The predicted molar refractivity (Wildman–Crippen MR) is 136 cm³/mol. The van der Waals surface area contributed by atoms with Crippen LogP contribution >= 0.6 is 11.8 Å².